The summed E-state index contributed by atoms with van der Waals surface area (Å²) in [5.74, 6) is 0.301. The fourth-order valence-electron chi connectivity index (χ4n) is 3.05. The zero-order valence-corrected chi connectivity index (χ0v) is 16.0. The van der Waals surface area contributed by atoms with Crippen LogP contribution in [0.15, 0.2) is 34.7 Å². The zero-order valence-electron chi connectivity index (χ0n) is 16.0. The Hall–Kier alpha value is -2.70. The highest BCUT2D eigenvalue weighted by Crippen LogP contribution is 2.24. The molecule has 0 saturated carbocycles. The highest BCUT2D eigenvalue weighted by Gasteiger charge is 2.33. The van der Waals surface area contributed by atoms with Crippen molar-refractivity contribution in [1.29, 1.82) is 0 Å². The zero-order chi connectivity index (χ0) is 19.4. The standard InChI is InChI=1S/C20H25N3O4/c1-20(2,3)19(25)23-11-9-15(10-12-23)18(24)26-13-16-21-22-17(27-16)14-7-5-4-6-8-14/h4-8,15H,9-13H2,1-3H3. The number of hydrogen-bond donors (Lipinski definition) is 0. The Labute approximate surface area is 158 Å². The molecule has 0 radical (unpaired) electrons. The maximum absolute atomic E-state index is 12.3. The van der Waals surface area contributed by atoms with Crippen LogP contribution in [0.3, 0.4) is 0 Å². The Morgan fingerprint density at radius 3 is 2.44 bits per heavy atom. The van der Waals surface area contributed by atoms with Crippen LogP contribution in [0.5, 0.6) is 0 Å². The fourth-order valence-corrected chi connectivity index (χ4v) is 3.05. The molecule has 0 spiro atoms. The minimum atomic E-state index is -0.401. The molecule has 27 heavy (non-hydrogen) atoms. The van der Waals surface area contributed by atoms with Crippen LogP contribution in [0.2, 0.25) is 0 Å². The first-order chi connectivity index (χ1) is 12.8. The van der Waals surface area contributed by atoms with Gasteiger partial charge in [0.25, 0.3) is 5.89 Å². The molecule has 0 atom stereocenters. The lowest BCUT2D eigenvalue weighted by Crippen LogP contribution is -2.45. The number of ether oxygens (including phenoxy) is 1. The summed E-state index contributed by atoms with van der Waals surface area (Å²) in [5, 5.41) is 7.90. The predicted molar refractivity (Wildman–Crippen MR) is 98.3 cm³/mol. The van der Waals surface area contributed by atoms with Crippen LogP contribution in [0, 0.1) is 11.3 Å². The molecule has 2 heterocycles. The van der Waals surface area contributed by atoms with E-state index >= 15 is 0 Å². The Morgan fingerprint density at radius 2 is 1.81 bits per heavy atom. The second-order valence-corrected chi connectivity index (χ2v) is 7.79. The molecule has 0 N–H and O–H groups in total. The molecule has 144 valence electrons. The first-order valence-electron chi connectivity index (χ1n) is 9.18. The van der Waals surface area contributed by atoms with Gasteiger partial charge in [0.05, 0.1) is 5.92 Å². The second kappa shape index (κ2) is 7.90. The van der Waals surface area contributed by atoms with E-state index in [9.17, 15) is 9.59 Å². The molecular formula is C20H25N3O4. The summed E-state index contributed by atoms with van der Waals surface area (Å²) in [6.45, 7) is 6.83. The molecule has 3 rings (SSSR count). The molecule has 1 saturated heterocycles. The average Bonchev–Trinajstić information content (AvgIpc) is 3.15. The summed E-state index contributed by atoms with van der Waals surface area (Å²) in [5.41, 5.74) is 0.417. The lowest BCUT2D eigenvalue weighted by Gasteiger charge is -2.34. The van der Waals surface area contributed by atoms with Crippen LogP contribution in [-0.4, -0.2) is 40.1 Å². The third kappa shape index (κ3) is 4.72. The monoisotopic (exact) mass is 371 g/mol. The lowest BCUT2D eigenvalue weighted by molar-refractivity contribution is -0.154. The number of aromatic nitrogens is 2. The van der Waals surface area contributed by atoms with Crippen LogP contribution in [0.4, 0.5) is 0 Å². The van der Waals surface area contributed by atoms with E-state index in [1.54, 1.807) is 0 Å². The van der Waals surface area contributed by atoms with Gasteiger partial charge in [-0.2, -0.15) is 0 Å². The summed E-state index contributed by atoms with van der Waals surface area (Å²) < 4.78 is 10.9. The van der Waals surface area contributed by atoms with Gasteiger partial charge in [-0.05, 0) is 25.0 Å². The minimum absolute atomic E-state index is 0.0419. The number of hydrogen-bond acceptors (Lipinski definition) is 6. The van der Waals surface area contributed by atoms with Crippen molar-refractivity contribution in [2.45, 2.75) is 40.2 Å². The van der Waals surface area contributed by atoms with Gasteiger partial charge in [0.2, 0.25) is 11.8 Å². The summed E-state index contributed by atoms with van der Waals surface area (Å²) in [6.07, 6.45) is 1.22. The largest absolute Gasteiger partial charge is 0.455 e. The number of esters is 1. The molecule has 1 aromatic carbocycles. The van der Waals surface area contributed by atoms with Crippen molar-refractivity contribution in [2.75, 3.05) is 13.1 Å². The van der Waals surface area contributed by atoms with Crippen molar-refractivity contribution in [1.82, 2.24) is 15.1 Å². The van der Waals surface area contributed by atoms with Crippen LogP contribution in [0.1, 0.15) is 39.5 Å². The first kappa shape index (κ1) is 19.1. The molecule has 1 fully saturated rings. The second-order valence-electron chi connectivity index (χ2n) is 7.79. The average molecular weight is 371 g/mol. The van der Waals surface area contributed by atoms with Gasteiger partial charge in [-0.25, -0.2) is 0 Å². The number of likely N-dealkylation sites (tertiary alicyclic amines) is 1. The third-order valence-corrected chi connectivity index (χ3v) is 4.58. The summed E-state index contributed by atoms with van der Waals surface area (Å²) in [4.78, 5) is 26.4. The van der Waals surface area contributed by atoms with E-state index in [1.165, 1.54) is 0 Å². The Balaban J connectivity index is 1.48. The molecule has 2 aromatic rings. The maximum Gasteiger partial charge on any atom is 0.309 e. The minimum Gasteiger partial charge on any atom is -0.455 e. The van der Waals surface area contributed by atoms with Crippen molar-refractivity contribution in [3.05, 3.63) is 36.2 Å². The van der Waals surface area contributed by atoms with Crippen LogP contribution in [-0.2, 0) is 20.9 Å². The number of carbonyl (C=O) groups excluding carboxylic acids is 2. The van der Waals surface area contributed by atoms with Crippen LogP contribution in [0.25, 0.3) is 11.5 Å². The maximum atomic E-state index is 12.3. The highest BCUT2D eigenvalue weighted by atomic mass is 16.5. The van der Waals surface area contributed by atoms with Crippen molar-refractivity contribution < 1.29 is 18.7 Å². The van der Waals surface area contributed by atoms with Crippen molar-refractivity contribution in [3.8, 4) is 11.5 Å². The molecule has 1 aliphatic rings. The van der Waals surface area contributed by atoms with Gasteiger partial charge in [0.15, 0.2) is 6.61 Å². The van der Waals surface area contributed by atoms with Gasteiger partial charge in [-0.15, -0.1) is 10.2 Å². The number of nitrogens with zero attached hydrogens (tertiary/aromatic N) is 3. The van der Waals surface area contributed by atoms with Gasteiger partial charge in [0, 0.05) is 24.1 Å². The van der Waals surface area contributed by atoms with E-state index in [2.05, 4.69) is 10.2 Å². The van der Waals surface area contributed by atoms with E-state index < -0.39 is 5.41 Å². The van der Waals surface area contributed by atoms with Gasteiger partial charge in [-0.1, -0.05) is 39.0 Å². The summed E-state index contributed by atoms with van der Waals surface area (Å²) >= 11 is 0. The van der Waals surface area contributed by atoms with Crippen molar-refractivity contribution in [2.24, 2.45) is 11.3 Å². The van der Waals surface area contributed by atoms with Crippen LogP contribution >= 0.6 is 0 Å². The van der Waals surface area contributed by atoms with E-state index in [1.807, 2.05) is 56.0 Å². The Bertz CT molecular complexity index is 787. The molecule has 0 aliphatic carbocycles. The normalized spacial score (nSPS) is 15.6. The van der Waals surface area contributed by atoms with E-state index in [0.717, 1.165) is 5.56 Å². The Morgan fingerprint density at radius 1 is 1.15 bits per heavy atom. The number of benzene rings is 1. The van der Waals surface area contributed by atoms with Crippen molar-refractivity contribution >= 4 is 11.9 Å². The number of rotatable bonds is 4. The topological polar surface area (TPSA) is 85.5 Å². The van der Waals surface area contributed by atoms with Gasteiger partial charge < -0.3 is 14.1 Å². The molecule has 0 unspecified atom stereocenters. The van der Waals surface area contributed by atoms with Gasteiger partial charge in [-0.3, -0.25) is 9.59 Å². The quantitative estimate of drug-likeness (QED) is 0.768. The van der Waals surface area contributed by atoms with Crippen LogP contribution < -0.4 is 0 Å². The number of carbonyl (C=O) groups is 2. The molecule has 1 aromatic heterocycles. The van der Waals surface area contributed by atoms with Crippen molar-refractivity contribution in [3.63, 3.8) is 0 Å². The third-order valence-electron chi connectivity index (χ3n) is 4.58. The van der Waals surface area contributed by atoms with E-state index in [4.69, 9.17) is 9.15 Å². The number of amides is 1. The molecule has 1 amide bonds. The fraction of sp³-hybridized carbons (Fsp3) is 0.500. The first-order valence-corrected chi connectivity index (χ1v) is 9.18. The predicted octanol–water partition coefficient (Wildman–Crippen LogP) is 3.06. The molecular weight excluding hydrogens is 346 g/mol. The van der Waals surface area contributed by atoms with E-state index in [0.29, 0.717) is 31.8 Å². The number of piperidine rings is 1. The van der Waals surface area contributed by atoms with E-state index in [-0.39, 0.29) is 30.3 Å². The smallest absolute Gasteiger partial charge is 0.309 e. The molecule has 7 nitrogen and oxygen atoms in total. The highest BCUT2D eigenvalue weighted by molar-refractivity contribution is 5.82. The molecule has 0 bridgehead atoms. The Kier molecular flexibility index (Phi) is 5.58. The SMILES string of the molecule is CC(C)(C)C(=O)N1CCC(C(=O)OCc2nnc(-c3ccccc3)o2)CC1. The lowest BCUT2D eigenvalue weighted by atomic mass is 9.91. The molecule has 1 aliphatic heterocycles. The summed E-state index contributed by atoms with van der Waals surface area (Å²) in [7, 11) is 0. The summed E-state index contributed by atoms with van der Waals surface area (Å²) in [6, 6.07) is 9.42. The molecule has 7 heteroatoms. The van der Waals surface area contributed by atoms with Gasteiger partial charge >= 0.3 is 5.97 Å². The van der Waals surface area contributed by atoms with Gasteiger partial charge in [0.1, 0.15) is 0 Å².